The zero-order valence-electron chi connectivity index (χ0n) is 8.66. The third-order valence-electron chi connectivity index (χ3n) is 2.63. The Morgan fingerprint density at radius 3 is 2.86 bits per heavy atom. The summed E-state index contributed by atoms with van der Waals surface area (Å²) in [6.45, 7) is 1.90. The third kappa shape index (κ3) is 2.22. The maximum Gasteiger partial charge on any atom is 0.316 e. The van der Waals surface area contributed by atoms with Gasteiger partial charge in [0.15, 0.2) is 0 Å². The summed E-state index contributed by atoms with van der Waals surface area (Å²) in [5.41, 5.74) is 0. The largest absolute Gasteiger partial charge is 0.468 e. The van der Waals surface area contributed by atoms with Crippen LogP contribution in [0.4, 0.5) is 0 Å². The molecule has 0 aromatic heterocycles. The first kappa shape index (κ1) is 11.0. The lowest BCUT2D eigenvalue weighted by Crippen LogP contribution is -2.34. The van der Waals surface area contributed by atoms with E-state index in [1.807, 2.05) is 19.1 Å². The molecule has 1 saturated carbocycles. The van der Waals surface area contributed by atoms with Crippen LogP contribution in [-0.2, 0) is 14.3 Å². The molecule has 0 aromatic rings. The van der Waals surface area contributed by atoms with E-state index in [4.69, 9.17) is 0 Å². The van der Waals surface area contributed by atoms with Crippen molar-refractivity contribution >= 4 is 11.8 Å². The van der Waals surface area contributed by atoms with Crippen LogP contribution in [0.1, 0.15) is 26.2 Å². The SMILES string of the molecule is C/C=C/C1CCCC(=O)C1C(=O)OC. The minimum absolute atomic E-state index is 0.0196. The van der Waals surface area contributed by atoms with Crippen molar-refractivity contribution in [3.8, 4) is 0 Å². The molecule has 1 aliphatic rings. The fraction of sp³-hybridized carbons (Fsp3) is 0.636. The van der Waals surface area contributed by atoms with Gasteiger partial charge >= 0.3 is 5.97 Å². The summed E-state index contributed by atoms with van der Waals surface area (Å²) < 4.78 is 4.64. The van der Waals surface area contributed by atoms with Gasteiger partial charge in [-0.3, -0.25) is 9.59 Å². The molecule has 0 radical (unpaired) electrons. The highest BCUT2D eigenvalue weighted by Gasteiger charge is 2.36. The maximum atomic E-state index is 11.5. The second-order valence-electron chi connectivity index (χ2n) is 3.55. The van der Waals surface area contributed by atoms with E-state index < -0.39 is 11.9 Å². The first-order chi connectivity index (χ1) is 6.70. The Labute approximate surface area is 84.1 Å². The Kier molecular flexibility index (Phi) is 3.86. The number of hydrogen-bond acceptors (Lipinski definition) is 3. The normalized spacial score (nSPS) is 28.0. The molecule has 2 atom stereocenters. The van der Waals surface area contributed by atoms with E-state index in [2.05, 4.69) is 4.74 Å². The van der Waals surface area contributed by atoms with E-state index in [0.29, 0.717) is 6.42 Å². The maximum absolute atomic E-state index is 11.5. The second-order valence-corrected chi connectivity index (χ2v) is 3.55. The third-order valence-corrected chi connectivity index (χ3v) is 2.63. The van der Waals surface area contributed by atoms with Crippen LogP contribution in [0.3, 0.4) is 0 Å². The highest BCUT2D eigenvalue weighted by atomic mass is 16.5. The van der Waals surface area contributed by atoms with E-state index in [0.717, 1.165) is 12.8 Å². The first-order valence-corrected chi connectivity index (χ1v) is 4.94. The second kappa shape index (κ2) is 4.94. The van der Waals surface area contributed by atoms with Gasteiger partial charge in [0, 0.05) is 6.42 Å². The molecule has 1 rings (SSSR count). The smallest absolute Gasteiger partial charge is 0.316 e. The van der Waals surface area contributed by atoms with Crippen molar-refractivity contribution in [2.45, 2.75) is 26.2 Å². The number of Topliss-reactive ketones (excluding diaryl/α,β-unsaturated/α-hetero) is 1. The van der Waals surface area contributed by atoms with E-state index in [-0.39, 0.29) is 11.7 Å². The lowest BCUT2D eigenvalue weighted by molar-refractivity contribution is -0.152. The van der Waals surface area contributed by atoms with Gasteiger partial charge in [-0.15, -0.1) is 0 Å². The van der Waals surface area contributed by atoms with Gasteiger partial charge < -0.3 is 4.74 Å². The van der Waals surface area contributed by atoms with Gasteiger partial charge in [0.25, 0.3) is 0 Å². The molecule has 0 amide bonds. The van der Waals surface area contributed by atoms with Crippen LogP contribution in [-0.4, -0.2) is 18.9 Å². The van der Waals surface area contributed by atoms with E-state index >= 15 is 0 Å². The van der Waals surface area contributed by atoms with Gasteiger partial charge in [-0.25, -0.2) is 0 Å². The number of hydrogen-bond donors (Lipinski definition) is 0. The lowest BCUT2D eigenvalue weighted by atomic mass is 9.78. The van der Waals surface area contributed by atoms with Crippen LogP contribution < -0.4 is 0 Å². The van der Waals surface area contributed by atoms with Gasteiger partial charge in [-0.05, 0) is 25.7 Å². The van der Waals surface area contributed by atoms with Crippen LogP contribution in [0.15, 0.2) is 12.2 Å². The number of ketones is 1. The van der Waals surface area contributed by atoms with E-state index in [1.54, 1.807) is 0 Å². The molecule has 14 heavy (non-hydrogen) atoms. The zero-order chi connectivity index (χ0) is 10.6. The van der Waals surface area contributed by atoms with Gasteiger partial charge in [-0.1, -0.05) is 12.2 Å². The van der Waals surface area contributed by atoms with Gasteiger partial charge in [0.2, 0.25) is 0 Å². The zero-order valence-corrected chi connectivity index (χ0v) is 8.66. The Balaban J connectivity index is 2.80. The average molecular weight is 196 g/mol. The molecule has 1 fully saturated rings. The van der Waals surface area contributed by atoms with Gasteiger partial charge in [-0.2, -0.15) is 0 Å². The fourth-order valence-electron chi connectivity index (χ4n) is 1.96. The molecular formula is C11H16O3. The molecule has 0 aliphatic heterocycles. The molecule has 0 spiro atoms. The molecule has 0 bridgehead atoms. The highest BCUT2D eigenvalue weighted by Crippen LogP contribution is 2.29. The summed E-state index contributed by atoms with van der Waals surface area (Å²) in [6, 6.07) is 0. The summed E-state index contributed by atoms with van der Waals surface area (Å²) in [6.07, 6.45) is 6.10. The highest BCUT2D eigenvalue weighted by molar-refractivity contribution is 6.00. The van der Waals surface area contributed by atoms with Gasteiger partial charge in [0.1, 0.15) is 11.7 Å². The molecule has 2 unspecified atom stereocenters. The van der Waals surface area contributed by atoms with Gasteiger partial charge in [0.05, 0.1) is 7.11 Å². The summed E-state index contributed by atoms with van der Waals surface area (Å²) in [7, 11) is 1.33. The van der Waals surface area contributed by atoms with E-state index in [1.165, 1.54) is 7.11 Å². The van der Waals surface area contributed by atoms with Crippen LogP contribution in [0.2, 0.25) is 0 Å². The quantitative estimate of drug-likeness (QED) is 0.383. The summed E-state index contributed by atoms with van der Waals surface area (Å²) in [4.78, 5) is 22.9. The number of esters is 1. The molecule has 3 nitrogen and oxygen atoms in total. The first-order valence-electron chi connectivity index (χ1n) is 4.94. The van der Waals surface area contributed by atoms with Crippen molar-refractivity contribution in [2.24, 2.45) is 11.8 Å². The molecule has 1 aliphatic carbocycles. The van der Waals surface area contributed by atoms with Crippen LogP contribution in [0.5, 0.6) is 0 Å². The molecule has 0 saturated heterocycles. The summed E-state index contributed by atoms with van der Waals surface area (Å²) >= 11 is 0. The summed E-state index contributed by atoms with van der Waals surface area (Å²) in [5.74, 6) is -0.900. The molecular weight excluding hydrogens is 180 g/mol. The van der Waals surface area contributed by atoms with Crippen molar-refractivity contribution in [1.29, 1.82) is 0 Å². The topological polar surface area (TPSA) is 43.4 Å². The Morgan fingerprint density at radius 1 is 1.57 bits per heavy atom. The van der Waals surface area contributed by atoms with Crippen LogP contribution >= 0.6 is 0 Å². The molecule has 78 valence electrons. The monoisotopic (exact) mass is 196 g/mol. The standard InChI is InChI=1S/C11H16O3/c1-3-5-8-6-4-7-9(12)10(8)11(13)14-2/h3,5,8,10H,4,6-7H2,1-2H3/b5-3+. The number of carbonyl (C=O) groups excluding carboxylic acids is 2. The van der Waals surface area contributed by atoms with Crippen molar-refractivity contribution in [3.05, 3.63) is 12.2 Å². The van der Waals surface area contributed by atoms with Crippen molar-refractivity contribution in [1.82, 2.24) is 0 Å². The van der Waals surface area contributed by atoms with Crippen molar-refractivity contribution < 1.29 is 14.3 Å². The van der Waals surface area contributed by atoms with Crippen molar-refractivity contribution in [2.75, 3.05) is 7.11 Å². The molecule has 0 N–H and O–H groups in total. The minimum Gasteiger partial charge on any atom is -0.468 e. The summed E-state index contributed by atoms with van der Waals surface area (Å²) in [5, 5.41) is 0. The Hall–Kier alpha value is -1.12. The van der Waals surface area contributed by atoms with Crippen molar-refractivity contribution in [3.63, 3.8) is 0 Å². The Morgan fingerprint density at radius 2 is 2.29 bits per heavy atom. The fourth-order valence-corrected chi connectivity index (χ4v) is 1.96. The lowest BCUT2D eigenvalue weighted by Gasteiger charge is -2.25. The number of ether oxygens (including phenoxy) is 1. The number of rotatable bonds is 2. The van der Waals surface area contributed by atoms with E-state index in [9.17, 15) is 9.59 Å². The predicted octanol–water partition coefficient (Wildman–Crippen LogP) is 1.72. The average Bonchev–Trinajstić information content (AvgIpc) is 2.18. The van der Waals surface area contributed by atoms with Crippen LogP contribution in [0.25, 0.3) is 0 Å². The molecule has 3 heteroatoms. The number of carbonyl (C=O) groups is 2. The number of allylic oxidation sites excluding steroid dienone is 2. The molecule has 0 heterocycles. The number of methoxy groups -OCH3 is 1. The van der Waals surface area contributed by atoms with Crippen LogP contribution in [0, 0.1) is 11.8 Å². The Bertz CT molecular complexity index is 247. The minimum atomic E-state index is -0.565. The predicted molar refractivity (Wildman–Crippen MR) is 52.7 cm³/mol. The molecule has 0 aromatic carbocycles.